The van der Waals surface area contributed by atoms with Crippen LogP contribution in [0.3, 0.4) is 0 Å². The largest absolute Gasteiger partial charge is 0.346 e. The molecule has 0 amide bonds. The van der Waals surface area contributed by atoms with Crippen LogP contribution in [-0.2, 0) is 6.42 Å². The van der Waals surface area contributed by atoms with Crippen molar-refractivity contribution in [2.24, 2.45) is 0 Å². The molecule has 4 heterocycles. The SMILES string of the molecule is Cc1cnc2[nH]cc(Cc3cnc([CH]c4cncc(F)c4)c(F)c3)c2c1. The van der Waals surface area contributed by atoms with Crippen LogP contribution in [0, 0.1) is 25.0 Å². The van der Waals surface area contributed by atoms with Gasteiger partial charge in [-0.3, -0.25) is 9.97 Å². The van der Waals surface area contributed by atoms with Gasteiger partial charge in [0.15, 0.2) is 0 Å². The van der Waals surface area contributed by atoms with Crippen molar-refractivity contribution in [3.05, 3.63) is 95.2 Å². The normalized spacial score (nSPS) is 11.2. The van der Waals surface area contributed by atoms with Crippen LogP contribution in [-0.4, -0.2) is 19.9 Å². The van der Waals surface area contributed by atoms with Crippen LogP contribution in [0.25, 0.3) is 11.0 Å². The molecule has 4 nitrogen and oxygen atoms in total. The van der Waals surface area contributed by atoms with Crippen molar-refractivity contribution >= 4 is 11.0 Å². The van der Waals surface area contributed by atoms with E-state index in [0.717, 1.165) is 33.9 Å². The second-order valence-corrected chi connectivity index (χ2v) is 6.19. The zero-order valence-electron chi connectivity index (χ0n) is 14.0. The Bertz CT molecular complexity index is 1090. The maximum absolute atomic E-state index is 14.4. The van der Waals surface area contributed by atoms with E-state index >= 15 is 0 Å². The lowest BCUT2D eigenvalue weighted by molar-refractivity contribution is 0.608. The molecular formula is C20H15F2N4. The molecule has 0 saturated carbocycles. The molecule has 0 aliphatic carbocycles. The van der Waals surface area contributed by atoms with Crippen LogP contribution in [0.5, 0.6) is 0 Å². The summed E-state index contributed by atoms with van der Waals surface area (Å²) in [6.45, 7) is 1.98. The minimum absolute atomic E-state index is 0.151. The van der Waals surface area contributed by atoms with Crippen molar-refractivity contribution in [3.8, 4) is 0 Å². The van der Waals surface area contributed by atoms with Gasteiger partial charge in [-0.15, -0.1) is 0 Å². The van der Waals surface area contributed by atoms with Gasteiger partial charge in [0.1, 0.15) is 17.3 Å². The first-order valence-corrected chi connectivity index (χ1v) is 8.11. The zero-order valence-corrected chi connectivity index (χ0v) is 14.0. The van der Waals surface area contributed by atoms with E-state index in [-0.39, 0.29) is 5.69 Å². The van der Waals surface area contributed by atoms with E-state index in [2.05, 4.69) is 26.0 Å². The van der Waals surface area contributed by atoms with Gasteiger partial charge in [0.25, 0.3) is 0 Å². The molecule has 4 aromatic heterocycles. The van der Waals surface area contributed by atoms with Gasteiger partial charge in [0, 0.05) is 43.0 Å². The lowest BCUT2D eigenvalue weighted by atomic mass is 10.0. The minimum Gasteiger partial charge on any atom is -0.346 e. The highest BCUT2D eigenvalue weighted by molar-refractivity contribution is 5.80. The van der Waals surface area contributed by atoms with E-state index in [1.807, 2.05) is 13.1 Å². The Labute approximate surface area is 149 Å². The Morgan fingerprint density at radius 3 is 2.73 bits per heavy atom. The lowest BCUT2D eigenvalue weighted by Crippen LogP contribution is -1.98. The van der Waals surface area contributed by atoms with Crippen molar-refractivity contribution in [3.63, 3.8) is 0 Å². The Hall–Kier alpha value is -3.15. The average Bonchev–Trinajstić information content (AvgIpc) is 2.99. The topological polar surface area (TPSA) is 54.5 Å². The number of halogens is 2. The molecule has 26 heavy (non-hydrogen) atoms. The van der Waals surface area contributed by atoms with E-state index in [1.54, 1.807) is 12.4 Å². The number of pyridine rings is 3. The van der Waals surface area contributed by atoms with Crippen molar-refractivity contribution < 1.29 is 8.78 Å². The van der Waals surface area contributed by atoms with E-state index in [1.165, 1.54) is 24.8 Å². The number of nitrogens with zero attached hydrogens (tertiary/aromatic N) is 3. The quantitative estimate of drug-likeness (QED) is 0.603. The molecule has 0 aromatic carbocycles. The molecule has 0 aliphatic heterocycles. The molecule has 1 radical (unpaired) electrons. The van der Waals surface area contributed by atoms with Gasteiger partial charge in [0.2, 0.25) is 0 Å². The molecule has 0 spiro atoms. The van der Waals surface area contributed by atoms with Crippen LogP contribution in [0.1, 0.15) is 27.9 Å². The summed E-state index contributed by atoms with van der Waals surface area (Å²) in [7, 11) is 0. The van der Waals surface area contributed by atoms with Gasteiger partial charge in [-0.1, -0.05) is 0 Å². The molecule has 1 N–H and O–H groups in total. The summed E-state index contributed by atoms with van der Waals surface area (Å²) in [4.78, 5) is 15.4. The zero-order chi connectivity index (χ0) is 18.1. The highest BCUT2D eigenvalue weighted by atomic mass is 19.1. The van der Waals surface area contributed by atoms with E-state index in [4.69, 9.17) is 0 Å². The van der Waals surface area contributed by atoms with Crippen molar-refractivity contribution in [2.75, 3.05) is 0 Å². The molecular weight excluding hydrogens is 334 g/mol. The lowest BCUT2D eigenvalue weighted by Gasteiger charge is -2.06. The van der Waals surface area contributed by atoms with E-state index in [0.29, 0.717) is 12.0 Å². The Balaban J connectivity index is 1.58. The number of hydrogen-bond acceptors (Lipinski definition) is 3. The van der Waals surface area contributed by atoms with Gasteiger partial charge in [-0.25, -0.2) is 13.8 Å². The standard InChI is InChI=1S/C20H15F2N4/c1-12-2-17-15(10-26-20(17)25-7-12)3-13-5-18(22)19(24-9-13)6-14-4-16(21)11-23-8-14/h2,4-11H,3H2,1H3,(H,25,26). The highest BCUT2D eigenvalue weighted by Gasteiger charge is 2.11. The summed E-state index contributed by atoms with van der Waals surface area (Å²) in [6.07, 6.45) is 9.87. The van der Waals surface area contributed by atoms with Gasteiger partial charge < -0.3 is 4.98 Å². The van der Waals surface area contributed by atoms with Crippen molar-refractivity contribution in [1.29, 1.82) is 0 Å². The van der Waals surface area contributed by atoms with E-state index < -0.39 is 11.6 Å². The number of H-pyrrole nitrogens is 1. The third kappa shape index (κ3) is 3.31. The van der Waals surface area contributed by atoms with Crippen LogP contribution < -0.4 is 0 Å². The number of hydrogen-bond donors (Lipinski definition) is 1. The summed E-state index contributed by atoms with van der Waals surface area (Å²) in [5.41, 5.74) is 4.27. The molecule has 0 aliphatic rings. The van der Waals surface area contributed by atoms with Crippen molar-refractivity contribution in [1.82, 2.24) is 19.9 Å². The molecule has 4 aromatic rings. The summed E-state index contributed by atoms with van der Waals surface area (Å²) >= 11 is 0. The first kappa shape index (κ1) is 16.3. The molecule has 0 atom stereocenters. The molecule has 4 rings (SSSR count). The molecule has 0 unspecified atom stereocenters. The fourth-order valence-electron chi connectivity index (χ4n) is 2.88. The van der Waals surface area contributed by atoms with Gasteiger partial charge >= 0.3 is 0 Å². The number of aromatic nitrogens is 4. The number of aromatic amines is 1. The predicted octanol–water partition coefficient (Wildman–Crippen LogP) is 4.13. The summed E-state index contributed by atoms with van der Waals surface area (Å²) in [5, 5.41) is 1.02. The molecule has 0 fully saturated rings. The van der Waals surface area contributed by atoms with E-state index in [9.17, 15) is 8.78 Å². The van der Waals surface area contributed by atoms with Gasteiger partial charge in [-0.05, 0) is 47.4 Å². The Morgan fingerprint density at radius 1 is 1.04 bits per heavy atom. The fourth-order valence-corrected chi connectivity index (χ4v) is 2.88. The maximum Gasteiger partial charge on any atom is 0.145 e. The summed E-state index contributed by atoms with van der Waals surface area (Å²) in [5.74, 6) is -0.931. The number of fused-ring (bicyclic) bond motifs is 1. The Morgan fingerprint density at radius 2 is 1.92 bits per heavy atom. The van der Waals surface area contributed by atoms with Crippen LogP contribution in [0.2, 0.25) is 0 Å². The molecule has 129 valence electrons. The fraction of sp³-hybridized carbons (Fsp3) is 0.100. The molecule has 0 saturated heterocycles. The van der Waals surface area contributed by atoms with Crippen LogP contribution in [0.15, 0.2) is 49.2 Å². The monoisotopic (exact) mass is 349 g/mol. The Kier molecular flexibility index (Phi) is 4.16. The second kappa shape index (κ2) is 6.63. The third-order valence-corrected chi connectivity index (χ3v) is 4.10. The molecule has 6 heteroatoms. The highest BCUT2D eigenvalue weighted by Crippen LogP contribution is 2.22. The average molecular weight is 349 g/mol. The summed E-state index contributed by atoms with van der Waals surface area (Å²) < 4.78 is 27.6. The number of nitrogens with one attached hydrogen (secondary N) is 1. The smallest absolute Gasteiger partial charge is 0.145 e. The number of rotatable bonds is 4. The van der Waals surface area contributed by atoms with Gasteiger partial charge in [0.05, 0.1) is 11.9 Å². The van der Waals surface area contributed by atoms with Crippen LogP contribution in [0.4, 0.5) is 8.78 Å². The molecule has 0 bridgehead atoms. The predicted molar refractivity (Wildman–Crippen MR) is 94.5 cm³/mol. The van der Waals surface area contributed by atoms with Crippen molar-refractivity contribution in [2.45, 2.75) is 13.3 Å². The van der Waals surface area contributed by atoms with Crippen LogP contribution >= 0.6 is 0 Å². The second-order valence-electron chi connectivity index (χ2n) is 6.19. The maximum atomic E-state index is 14.4. The summed E-state index contributed by atoms with van der Waals surface area (Å²) in [6, 6.07) is 4.79. The first-order valence-electron chi connectivity index (χ1n) is 8.11. The number of aryl methyl sites for hydroxylation is 1. The first-order chi connectivity index (χ1) is 12.6. The minimum atomic E-state index is -0.473. The van der Waals surface area contributed by atoms with Gasteiger partial charge in [-0.2, -0.15) is 0 Å². The third-order valence-electron chi connectivity index (χ3n) is 4.10.